The predicted octanol–water partition coefficient (Wildman–Crippen LogP) is 3.52. The Balaban J connectivity index is 1.57. The molecule has 1 aliphatic heterocycles. The lowest BCUT2D eigenvalue weighted by atomic mass is 9.85. The number of nitrogens with one attached hydrogen (secondary N) is 1. The number of amides is 1. The van der Waals surface area contributed by atoms with Crippen LogP contribution in [-0.2, 0) is 18.4 Å². The Morgan fingerprint density at radius 2 is 1.93 bits per heavy atom. The molecular formula is C21H20F3N3O3. The first kappa shape index (κ1) is 20.2. The van der Waals surface area contributed by atoms with Crippen molar-refractivity contribution in [2.75, 3.05) is 18.4 Å². The van der Waals surface area contributed by atoms with Gasteiger partial charge in [-0.15, -0.1) is 0 Å². The van der Waals surface area contributed by atoms with E-state index in [-0.39, 0.29) is 24.2 Å². The second-order valence-corrected chi connectivity index (χ2v) is 7.59. The second-order valence-electron chi connectivity index (χ2n) is 7.59. The molecule has 1 unspecified atom stereocenters. The number of carbonyl (C=O) groups is 1. The summed E-state index contributed by atoms with van der Waals surface area (Å²) < 4.78 is 48.4. The van der Waals surface area contributed by atoms with E-state index >= 15 is 0 Å². The molecule has 1 aromatic heterocycles. The number of aryl methyl sites for hydroxylation is 1. The van der Waals surface area contributed by atoms with Crippen LogP contribution < -0.4 is 11.1 Å². The first-order valence-electron chi connectivity index (χ1n) is 9.44. The van der Waals surface area contributed by atoms with Crippen molar-refractivity contribution in [3.63, 3.8) is 0 Å². The van der Waals surface area contributed by atoms with Gasteiger partial charge in [-0.2, -0.15) is 13.2 Å². The fraction of sp³-hybridized carbons (Fsp3) is 0.333. The number of hydrogen-bond acceptors (Lipinski definition) is 4. The quantitative estimate of drug-likeness (QED) is 0.703. The summed E-state index contributed by atoms with van der Waals surface area (Å²) >= 11 is 0. The Morgan fingerprint density at radius 3 is 2.63 bits per heavy atom. The minimum absolute atomic E-state index is 0.145. The summed E-state index contributed by atoms with van der Waals surface area (Å²) in [6, 6.07) is 13.5. The summed E-state index contributed by atoms with van der Waals surface area (Å²) in [4.78, 5) is 26.1. The number of oxazole rings is 1. The van der Waals surface area contributed by atoms with Gasteiger partial charge >= 0.3 is 11.9 Å². The molecule has 1 atom stereocenters. The summed E-state index contributed by atoms with van der Waals surface area (Å²) in [5, 5.41) is 2.38. The largest absolute Gasteiger partial charge is 0.419 e. The highest BCUT2D eigenvalue weighted by atomic mass is 19.4. The molecule has 4 rings (SSSR count). The second kappa shape index (κ2) is 7.32. The molecule has 2 heterocycles. The van der Waals surface area contributed by atoms with E-state index in [2.05, 4.69) is 5.32 Å². The Labute approximate surface area is 169 Å². The van der Waals surface area contributed by atoms with E-state index in [1.165, 1.54) is 29.8 Å². The van der Waals surface area contributed by atoms with Crippen LogP contribution in [0.5, 0.6) is 0 Å². The minimum atomic E-state index is -4.70. The van der Waals surface area contributed by atoms with Crippen LogP contribution in [-0.4, -0.2) is 34.6 Å². The van der Waals surface area contributed by atoms with Crippen LogP contribution in [0.25, 0.3) is 11.1 Å². The van der Waals surface area contributed by atoms with E-state index in [0.717, 1.165) is 5.56 Å². The molecular weight excluding hydrogens is 399 g/mol. The van der Waals surface area contributed by atoms with Crippen LogP contribution in [0.2, 0.25) is 0 Å². The first-order valence-corrected chi connectivity index (χ1v) is 9.44. The van der Waals surface area contributed by atoms with Gasteiger partial charge in [-0.3, -0.25) is 14.3 Å². The number of fused-ring (bicyclic) bond motifs is 1. The number of rotatable bonds is 4. The summed E-state index contributed by atoms with van der Waals surface area (Å²) in [6.45, 7) is 0.0847. The third-order valence-electron chi connectivity index (χ3n) is 5.62. The first-order chi connectivity index (χ1) is 14.2. The van der Waals surface area contributed by atoms with Gasteiger partial charge in [0, 0.05) is 31.9 Å². The van der Waals surface area contributed by atoms with Crippen molar-refractivity contribution in [2.45, 2.75) is 19.1 Å². The van der Waals surface area contributed by atoms with E-state index < -0.39 is 29.8 Å². The monoisotopic (exact) mass is 419 g/mol. The maximum Gasteiger partial charge on any atom is 0.419 e. The van der Waals surface area contributed by atoms with Crippen molar-refractivity contribution < 1.29 is 22.4 Å². The number of benzene rings is 2. The fourth-order valence-corrected chi connectivity index (χ4v) is 3.87. The predicted molar refractivity (Wildman–Crippen MR) is 105 cm³/mol. The van der Waals surface area contributed by atoms with E-state index in [1.807, 2.05) is 30.3 Å². The number of alkyl halides is 3. The average molecular weight is 419 g/mol. The Morgan fingerprint density at radius 1 is 1.20 bits per heavy atom. The van der Waals surface area contributed by atoms with Crippen molar-refractivity contribution in [3.05, 3.63) is 64.6 Å². The molecule has 1 fully saturated rings. The van der Waals surface area contributed by atoms with Crippen LogP contribution in [0.1, 0.15) is 12.0 Å². The van der Waals surface area contributed by atoms with Crippen molar-refractivity contribution in [1.29, 1.82) is 0 Å². The van der Waals surface area contributed by atoms with Crippen molar-refractivity contribution in [2.24, 2.45) is 12.5 Å². The maximum absolute atomic E-state index is 14.0. The molecule has 6 nitrogen and oxygen atoms in total. The number of halogens is 3. The number of nitrogens with zero attached hydrogens (tertiary/aromatic N) is 2. The molecule has 0 spiro atoms. The van der Waals surface area contributed by atoms with Crippen molar-refractivity contribution in [1.82, 2.24) is 9.47 Å². The van der Waals surface area contributed by atoms with Crippen LogP contribution >= 0.6 is 0 Å². The number of hydrogen-bond donors (Lipinski definition) is 1. The van der Waals surface area contributed by atoms with Crippen LogP contribution in [0, 0.1) is 5.41 Å². The standard InChI is InChI=1S/C21H20F3N3O3/c1-26-16-8-7-15(11-17(16)30-19(26)29)25-18(28)20(21(22,23)24)9-10-27(13-20)12-14-5-3-2-4-6-14/h2-8,11H,9-10,12-13H2,1H3,(H,25,28). The smallest absolute Gasteiger partial charge is 0.408 e. The highest BCUT2D eigenvalue weighted by molar-refractivity contribution is 5.97. The van der Waals surface area contributed by atoms with Gasteiger partial charge in [-0.25, -0.2) is 4.79 Å². The molecule has 30 heavy (non-hydrogen) atoms. The minimum Gasteiger partial charge on any atom is -0.408 e. The van der Waals surface area contributed by atoms with Gasteiger partial charge in [-0.1, -0.05) is 30.3 Å². The summed E-state index contributed by atoms with van der Waals surface area (Å²) in [7, 11) is 1.52. The molecule has 0 saturated carbocycles. The topological polar surface area (TPSA) is 67.5 Å². The van der Waals surface area contributed by atoms with E-state index in [1.54, 1.807) is 4.90 Å². The number of likely N-dealkylation sites (tertiary alicyclic amines) is 1. The lowest BCUT2D eigenvalue weighted by Gasteiger charge is -2.30. The third-order valence-corrected chi connectivity index (χ3v) is 5.62. The summed E-state index contributed by atoms with van der Waals surface area (Å²) in [6.07, 6.45) is -5.02. The summed E-state index contributed by atoms with van der Waals surface area (Å²) in [5.41, 5.74) is -0.793. The number of anilines is 1. The molecule has 1 N–H and O–H groups in total. The van der Waals surface area contributed by atoms with Crippen molar-refractivity contribution in [3.8, 4) is 0 Å². The van der Waals surface area contributed by atoms with Gasteiger partial charge in [0.25, 0.3) is 0 Å². The normalized spacial score (nSPS) is 20.0. The van der Waals surface area contributed by atoms with Gasteiger partial charge in [-0.05, 0) is 30.7 Å². The van der Waals surface area contributed by atoms with Gasteiger partial charge in [0.15, 0.2) is 11.0 Å². The van der Waals surface area contributed by atoms with Gasteiger partial charge < -0.3 is 9.73 Å². The maximum atomic E-state index is 14.0. The molecule has 0 bridgehead atoms. The molecule has 0 aliphatic carbocycles. The fourth-order valence-electron chi connectivity index (χ4n) is 3.87. The van der Waals surface area contributed by atoms with Crippen LogP contribution in [0.3, 0.4) is 0 Å². The van der Waals surface area contributed by atoms with Crippen LogP contribution in [0.15, 0.2) is 57.7 Å². The van der Waals surface area contributed by atoms with E-state index in [9.17, 15) is 22.8 Å². The highest BCUT2D eigenvalue weighted by Crippen LogP contribution is 2.46. The van der Waals surface area contributed by atoms with Crippen molar-refractivity contribution >= 4 is 22.7 Å². The lowest BCUT2D eigenvalue weighted by molar-refractivity contribution is -0.215. The van der Waals surface area contributed by atoms with E-state index in [0.29, 0.717) is 12.1 Å². The molecule has 3 aromatic rings. The Kier molecular flexibility index (Phi) is 4.93. The Bertz CT molecular complexity index is 1140. The molecule has 1 saturated heterocycles. The third kappa shape index (κ3) is 3.49. The SMILES string of the molecule is Cn1c(=O)oc2cc(NC(=O)C3(C(F)(F)F)CCN(Cc4ccccc4)C3)ccc21. The zero-order valence-electron chi connectivity index (χ0n) is 16.2. The number of aromatic nitrogens is 1. The zero-order chi connectivity index (χ0) is 21.5. The van der Waals surface area contributed by atoms with Gasteiger partial charge in [0.05, 0.1) is 5.52 Å². The Hall–Kier alpha value is -3.07. The van der Waals surface area contributed by atoms with Crippen LogP contribution in [0.4, 0.5) is 18.9 Å². The lowest BCUT2D eigenvalue weighted by Crippen LogP contribution is -2.49. The molecule has 1 aliphatic rings. The molecule has 9 heteroatoms. The molecule has 0 radical (unpaired) electrons. The van der Waals surface area contributed by atoms with Gasteiger partial charge in [0.2, 0.25) is 5.91 Å². The molecule has 1 amide bonds. The molecule has 2 aromatic carbocycles. The zero-order valence-corrected chi connectivity index (χ0v) is 16.2. The van der Waals surface area contributed by atoms with E-state index in [4.69, 9.17) is 4.42 Å². The average Bonchev–Trinajstić information content (AvgIpc) is 3.25. The van der Waals surface area contributed by atoms with Gasteiger partial charge in [0.1, 0.15) is 0 Å². The summed E-state index contributed by atoms with van der Waals surface area (Å²) in [5.74, 6) is -1.70. The molecule has 158 valence electrons. The highest BCUT2D eigenvalue weighted by Gasteiger charge is 2.62. The number of carbonyl (C=O) groups excluding carboxylic acids is 1.